The first-order valence-electron chi connectivity index (χ1n) is 11.9. The van der Waals surface area contributed by atoms with E-state index in [1.54, 1.807) is 0 Å². The van der Waals surface area contributed by atoms with Crippen LogP contribution in [0.3, 0.4) is 0 Å². The molecule has 6 aliphatic carbocycles. The Kier molecular flexibility index (Phi) is 6.51. The number of hydrogen-bond donors (Lipinski definition) is 2. The van der Waals surface area contributed by atoms with Crippen molar-refractivity contribution in [2.24, 2.45) is 40.0 Å². The van der Waals surface area contributed by atoms with E-state index in [1.165, 1.54) is 42.2 Å². The zero-order chi connectivity index (χ0) is 21.6. The quantitative estimate of drug-likeness (QED) is 0.306. The molecule has 4 saturated carbocycles. The molecule has 0 spiro atoms. The van der Waals surface area contributed by atoms with E-state index in [0.717, 1.165) is 53.9 Å². The van der Waals surface area contributed by atoms with Crippen LogP contribution in [-0.4, -0.2) is 37.1 Å². The van der Waals surface area contributed by atoms with Gasteiger partial charge in [-0.25, -0.2) is 0 Å². The Balaban J connectivity index is 1.14. The van der Waals surface area contributed by atoms with Gasteiger partial charge in [0, 0.05) is 29.7 Å². The van der Waals surface area contributed by atoms with Crippen LogP contribution in [-0.2, 0) is 0 Å². The van der Waals surface area contributed by atoms with Gasteiger partial charge in [0.15, 0.2) is 0 Å². The fourth-order valence-electron chi connectivity index (χ4n) is 7.41. The molecule has 5 unspecified atom stereocenters. The number of nitrogens with zero attached hydrogens (tertiary/aromatic N) is 1. The van der Waals surface area contributed by atoms with Crippen LogP contribution in [0.15, 0.2) is 49.4 Å². The standard InChI is InChI=1S/C26H34Br2N2O/c1-16-4-21(15-30-3-2-29-14-18-8-22(27)10-23(28)9-18)25(31)24(5-16)26-11-17-6-19(12-26)20(7-17)13-26/h4-5,8,10,15,17-20,24-25,29,31H,2-3,6-7,9,11-14H2,1H3/b30-15+. The normalized spacial score (nSPS) is 41.4. The summed E-state index contributed by atoms with van der Waals surface area (Å²) < 4.78 is 2.39. The second-order valence-electron chi connectivity index (χ2n) is 10.7. The van der Waals surface area contributed by atoms with E-state index in [1.807, 2.05) is 6.21 Å². The van der Waals surface area contributed by atoms with Gasteiger partial charge in [-0.1, -0.05) is 55.7 Å². The third kappa shape index (κ3) is 4.62. The molecular formula is C26H34Br2N2O. The van der Waals surface area contributed by atoms with Gasteiger partial charge >= 0.3 is 0 Å². The molecule has 4 fully saturated rings. The van der Waals surface area contributed by atoms with Crippen molar-refractivity contribution >= 4 is 38.1 Å². The fourth-order valence-corrected chi connectivity index (χ4v) is 9.03. The van der Waals surface area contributed by atoms with Gasteiger partial charge in [-0.15, -0.1) is 0 Å². The van der Waals surface area contributed by atoms with Gasteiger partial charge in [-0.2, -0.15) is 0 Å². The van der Waals surface area contributed by atoms with E-state index >= 15 is 0 Å². The Morgan fingerprint density at radius 2 is 1.94 bits per heavy atom. The third-order valence-electron chi connectivity index (χ3n) is 8.41. The number of nitrogens with one attached hydrogen (secondary N) is 1. The Hall–Kier alpha value is -0.490. The molecule has 2 N–H and O–H groups in total. The predicted molar refractivity (Wildman–Crippen MR) is 136 cm³/mol. The topological polar surface area (TPSA) is 44.6 Å². The summed E-state index contributed by atoms with van der Waals surface area (Å²) in [6.07, 6.45) is 18.4. The predicted octanol–water partition coefficient (Wildman–Crippen LogP) is 5.91. The highest BCUT2D eigenvalue weighted by Gasteiger charge is 2.59. The number of aliphatic imine (C=N–C) groups is 1. The minimum atomic E-state index is -0.398. The van der Waals surface area contributed by atoms with Crippen LogP contribution in [0.2, 0.25) is 0 Å². The summed E-state index contributed by atoms with van der Waals surface area (Å²) >= 11 is 7.19. The molecule has 5 heteroatoms. The van der Waals surface area contributed by atoms with Crippen LogP contribution in [0.1, 0.15) is 45.4 Å². The molecule has 5 atom stereocenters. The molecule has 0 saturated heterocycles. The van der Waals surface area contributed by atoms with Gasteiger partial charge in [0.05, 0.1) is 12.6 Å². The zero-order valence-electron chi connectivity index (χ0n) is 18.4. The highest BCUT2D eigenvalue weighted by molar-refractivity contribution is 9.12. The van der Waals surface area contributed by atoms with Crippen molar-refractivity contribution in [1.29, 1.82) is 0 Å². The summed E-state index contributed by atoms with van der Waals surface area (Å²) in [7, 11) is 0. The molecule has 0 aromatic carbocycles. The Morgan fingerprint density at radius 1 is 1.16 bits per heavy atom. The van der Waals surface area contributed by atoms with Gasteiger partial charge < -0.3 is 10.4 Å². The highest BCUT2D eigenvalue weighted by Crippen LogP contribution is 2.67. The molecule has 6 rings (SSSR count). The second kappa shape index (κ2) is 9.04. The van der Waals surface area contributed by atoms with Crippen LogP contribution in [0.4, 0.5) is 0 Å². The maximum Gasteiger partial charge on any atom is 0.0872 e. The van der Waals surface area contributed by atoms with E-state index < -0.39 is 6.10 Å². The van der Waals surface area contributed by atoms with Gasteiger partial charge in [0.1, 0.15) is 0 Å². The molecule has 0 heterocycles. The minimum Gasteiger partial charge on any atom is -0.388 e. The molecule has 31 heavy (non-hydrogen) atoms. The molecule has 168 valence electrons. The van der Waals surface area contributed by atoms with E-state index in [9.17, 15) is 5.11 Å². The lowest BCUT2D eigenvalue weighted by Gasteiger charge is -2.46. The van der Waals surface area contributed by atoms with Crippen LogP contribution in [0, 0.1) is 35.0 Å². The maximum atomic E-state index is 11.3. The molecule has 0 amide bonds. The van der Waals surface area contributed by atoms with Crippen molar-refractivity contribution in [2.75, 3.05) is 19.6 Å². The van der Waals surface area contributed by atoms with Crippen molar-refractivity contribution in [3.8, 4) is 0 Å². The highest BCUT2D eigenvalue weighted by atomic mass is 79.9. The zero-order valence-corrected chi connectivity index (χ0v) is 21.5. The third-order valence-corrected chi connectivity index (χ3v) is 9.45. The Bertz CT molecular complexity index is 851. The van der Waals surface area contributed by atoms with E-state index in [-0.39, 0.29) is 5.92 Å². The molecular weight excluding hydrogens is 516 g/mol. The Labute approximate surface area is 203 Å². The molecule has 0 aromatic rings. The van der Waals surface area contributed by atoms with Gasteiger partial charge in [0.2, 0.25) is 0 Å². The summed E-state index contributed by atoms with van der Waals surface area (Å²) in [5.41, 5.74) is 2.65. The molecule has 0 aromatic heterocycles. The van der Waals surface area contributed by atoms with E-state index in [2.05, 4.69) is 73.4 Å². The Morgan fingerprint density at radius 3 is 2.65 bits per heavy atom. The SMILES string of the molecule is CC1=CC(C23CC4CC(C2)C(C4)C3)C(O)C(/C=N/CCNCC2C=C(Br)C=C(Br)C2)=C1. The van der Waals surface area contributed by atoms with Crippen molar-refractivity contribution in [1.82, 2.24) is 5.32 Å². The number of rotatable bonds is 7. The first-order valence-corrected chi connectivity index (χ1v) is 13.5. The van der Waals surface area contributed by atoms with Crippen LogP contribution in [0.5, 0.6) is 0 Å². The average molecular weight is 550 g/mol. The van der Waals surface area contributed by atoms with Crippen molar-refractivity contribution in [2.45, 2.75) is 51.6 Å². The lowest BCUT2D eigenvalue weighted by molar-refractivity contribution is 0.0239. The molecule has 0 aliphatic heterocycles. The molecule has 3 nitrogen and oxygen atoms in total. The second-order valence-corrected chi connectivity index (χ2v) is 12.6. The number of allylic oxidation sites excluding steroid dienone is 5. The summed E-state index contributed by atoms with van der Waals surface area (Å²) in [4.78, 5) is 4.67. The summed E-state index contributed by atoms with van der Waals surface area (Å²) in [6, 6.07) is 0. The summed E-state index contributed by atoms with van der Waals surface area (Å²) in [5, 5.41) is 14.8. The summed E-state index contributed by atoms with van der Waals surface area (Å²) in [6.45, 7) is 4.73. The molecule has 0 radical (unpaired) electrons. The minimum absolute atomic E-state index is 0.274. The monoisotopic (exact) mass is 548 g/mol. The lowest BCUT2D eigenvalue weighted by Crippen LogP contribution is -2.42. The largest absolute Gasteiger partial charge is 0.388 e. The first-order chi connectivity index (χ1) is 14.9. The number of hydrogen-bond acceptors (Lipinski definition) is 3. The van der Waals surface area contributed by atoms with Crippen LogP contribution in [0.25, 0.3) is 0 Å². The van der Waals surface area contributed by atoms with E-state index in [4.69, 9.17) is 0 Å². The van der Waals surface area contributed by atoms with Gasteiger partial charge in [0.25, 0.3) is 0 Å². The molecule has 4 bridgehead atoms. The first kappa shape index (κ1) is 22.3. The fraction of sp³-hybridized carbons (Fsp3) is 0.654. The maximum absolute atomic E-state index is 11.3. The number of halogens is 2. The van der Waals surface area contributed by atoms with Gasteiger partial charge in [-0.3, -0.25) is 4.99 Å². The number of aliphatic hydroxyl groups excluding tert-OH is 1. The van der Waals surface area contributed by atoms with Crippen molar-refractivity contribution in [3.05, 3.63) is 44.4 Å². The van der Waals surface area contributed by atoms with Crippen molar-refractivity contribution in [3.63, 3.8) is 0 Å². The van der Waals surface area contributed by atoms with Gasteiger partial charge in [-0.05, 0) is 90.7 Å². The van der Waals surface area contributed by atoms with E-state index in [0.29, 0.717) is 11.3 Å². The smallest absolute Gasteiger partial charge is 0.0872 e. The van der Waals surface area contributed by atoms with Crippen LogP contribution >= 0.6 is 31.9 Å². The summed E-state index contributed by atoms with van der Waals surface area (Å²) in [5.74, 6) is 3.57. The lowest BCUT2D eigenvalue weighted by atomic mass is 9.59. The average Bonchev–Trinajstić information content (AvgIpc) is 3.12. The number of aliphatic hydroxyl groups is 1. The van der Waals surface area contributed by atoms with Crippen molar-refractivity contribution < 1.29 is 5.11 Å². The van der Waals surface area contributed by atoms with Crippen LogP contribution < -0.4 is 5.32 Å². The molecule has 6 aliphatic rings.